The number of pyridine rings is 1. The van der Waals surface area contributed by atoms with Crippen molar-refractivity contribution in [2.24, 2.45) is 0 Å². The number of fused-ring (bicyclic) bond motifs is 1. The van der Waals surface area contributed by atoms with Crippen LogP contribution >= 0.6 is 0 Å². The van der Waals surface area contributed by atoms with E-state index in [0.717, 1.165) is 47.3 Å². The van der Waals surface area contributed by atoms with Crippen LogP contribution in [0.1, 0.15) is 54.6 Å². The highest BCUT2D eigenvalue weighted by Gasteiger charge is 2.37. The van der Waals surface area contributed by atoms with Gasteiger partial charge in [-0.2, -0.15) is 0 Å². The third-order valence-electron chi connectivity index (χ3n) is 6.58. The zero-order chi connectivity index (χ0) is 22.9. The first-order valence-corrected chi connectivity index (χ1v) is 11.4. The Balaban J connectivity index is 1.49. The van der Waals surface area contributed by atoms with E-state index in [-0.39, 0.29) is 30.1 Å². The van der Waals surface area contributed by atoms with Gasteiger partial charge in [0.05, 0.1) is 17.7 Å². The SMILES string of the molecule is Cc1cc(-c2ccc(F)cc2)cc([C@H]2CCCCN2C(=O)[C@@H]2CC(=O)Nc3ccccc32)n1. The lowest BCUT2D eigenvalue weighted by atomic mass is 9.87. The minimum absolute atomic E-state index is 0.0198. The van der Waals surface area contributed by atoms with Crippen LogP contribution in [-0.4, -0.2) is 28.2 Å². The summed E-state index contributed by atoms with van der Waals surface area (Å²) in [7, 11) is 0. The predicted molar refractivity (Wildman–Crippen MR) is 125 cm³/mol. The Morgan fingerprint density at radius 3 is 2.67 bits per heavy atom. The van der Waals surface area contributed by atoms with E-state index in [2.05, 4.69) is 5.32 Å². The Morgan fingerprint density at radius 1 is 1.06 bits per heavy atom. The van der Waals surface area contributed by atoms with Gasteiger partial charge in [0.1, 0.15) is 5.82 Å². The summed E-state index contributed by atoms with van der Waals surface area (Å²) in [4.78, 5) is 32.8. The van der Waals surface area contributed by atoms with Crippen molar-refractivity contribution in [3.63, 3.8) is 0 Å². The monoisotopic (exact) mass is 443 g/mol. The number of benzene rings is 2. The van der Waals surface area contributed by atoms with Gasteiger partial charge in [0.15, 0.2) is 0 Å². The number of hydrogen-bond acceptors (Lipinski definition) is 3. The van der Waals surface area contributed by atoms with Gasteiger partial charge in [-0.3, -0.25) is 14.6 Å². The van der Waals surface area contributed by atoms with Gasteiger partial charge in [-0.05, 0) is 73.2 Å². The fourth-order valence-corrected chi connectivity index (χ4v) is 5.01. The maximum atomic E-state index is 13.8. The van der Waals surface area contributed by atoms with Crippen LogP contribution in [0.3, 0.4) is 0 Å². The molecule has 0 spiro atoms. The molecule has 3 heterocycles. The van der Waals surface area contributed by atoms with Crippen LogP contribution in [0.15, 0.2) is 60.7 Å². The highest BCUT2D eigenvalue weighted by molar-refractivity contribution is 6.01. The standard InChI is InChI=1S/C27H26FN3O2/c1-17-14-19(18-9-11-20(28)12-10-18)15-24(29-17)25-8-4-5-13-31(25)27(33)22-16-26(32)30-23-7-3-2-6-21(22)23/h2-3,6-7,9-12,14-15,22,25H,4-5,8,13,16H2,1H3,(H,30,32)/t22-,25-/m1/s1. The number of para-hydroxylation sites is 1. The molecule has 2 aliphatic heterocycles. The number of aryl methyl sites for hydroxylation is 1. The van der Waals surface area contributed by atoms with Gasteiger partial charge in [0.25, 0.3) is 0 Å². The number of nitrogens with zero attached hydrogens (tertiary/aromatic N) is 2. The van der Waals surface area contributed by atoms with Gasteiger partial charge in [-0.15, -0.1) is 0 Å². The maximum absolute atomic E-state index is 13.8. The highest BCUT2D eigenvalue weighted by atomic mass is 19.1. The number of aromatic nitrogens is 1. The van der Waals surface area contributed by atoms with Crippen LogP contribution in [0.4, 0.5) is 10.1 Å². The van der Waals surface area contributed by atoms with E-state index >= 15 is 0 Å². The Labute approximate surface area is 192 Å². The number of amides is 2. The summed E-state index contributed by atoms with van der Waals surface area (Å²) in [5.74, 6) is -0.913. The first kappa shape index (κ1) is 21.3. The summed E-state index contributed by atoms with van der Waals surface area (Å²) in [6.45, 7) is 2.58. The smallest absolute Gasteiger partial charge is 0.231 e. The zero-order valence-corrected chi connectivity index (χ0v) is 18.6. The number of halogens is 1. The predicted octanol–water partition coefficient (Wildman–Crippen LogP) is 5.38. The molecule has 5 nitrogen and oxygen atoms in total. The molecule has 5 rings (SSSR count). The van der Waals surface area contributed by atoms with Crippen molar-refractivity contribution in [1.29, 1.82) is 0 Å². The number of hydrogen-bond donors (Lipinski definition) is 1. The minimum atomic E-state index is -0.489. The second-order valence-corrected chi connectivity index (χ2v) is 8.86. The van der Waals surface area contributed by atoms with Crippen LogP contribution < -0.4 is 5.32 Å². The van der Waals surface area contributed by atoms with Crippen LogP contribution in [0.2, 0.25) is 0 Å². The second kappa shape index (κ2) is 8.77. The summed E-state index contributed by atoms with van der Waals surface area (Å²) in [6, 6.07) is 17.8. The summed E-state index contributed by atoms with van der Waals surface area (Å²) in [5, 5.41) is 2.88. The van der Waals surface area contributed by atoms with E-state index in [1.165, 1.54) is 12.1 Å². The molecule has 168 valence electrons. The van der Waals surface area contributed by atoms with Crippen molar-refractivity contribution in [3.8, 4) is 11.1 Å². The number of likely N-dealkylation sites (tertiary alicyclic amines) is 1. The molecule has 1 fully saturated rings. The van der Waals surface area contributed by atoms with E-state index < -0.39 is 5.92 Å². The average Bonchev–Trinajstić information content (AvgIpc) is 2.83. The quantitative estimate of drug-likeness (QED) is 0.592. The first-order valence-electron chi connectivity index (χ1n) is 11.4. The van der Waals surface area contributed by atoms with Crippen molar-refractivity contribution in [1.82, 2.24) is 9.88 Å². The molecule has 3 aromatic rings. The van der Waals surface area contributed by atoms with Crippen LogP contribution in [0.25, 0.3) is 11.1 Å². The van der Waals surface area contributed by atoms with Gasteiger partial charge in [0.2, 0.25) is 11.8 Å². The molecule has 0 unspecified atom stereocenters. The Hall–Kier alpha value is -3.54. The summed E-state index contributed by atoms with van der Waals surface area (Å²) in [6.07, 6.45) is 2.92. The number of anilines is 1. The second-order valence-electron chi connectivity index (χ2n) is 8.86. The van der Waals surface area contributed by atoms with E-state index in [0.29, 0.717) is 12.2 Å². The minimum Gasteiger partial charge on any atom is -0.334 e. The molecule has 2 amide bonds. The maximum Gasteiger partial charge on any atom is 0.231 e. The average molecular weight is 444 g/mol. The molecule has 33 heavy (non-hydrogen) atoms. The molecule has 0 saturated carbocycles. The van der Waals surface area contributed by atoms with E-state index in [9.17, 15) is 14.0 Å². The van der Waals surface area contributed by atoms with Gasteiger partial charge < -0.3 is 10.2 Å². The fraction of sp³-hybridized carbons (Fsp3) is 0.296. The molecule has 1 N–H and O–H groups in total. The van der Waals surface area contributed by atoms with Crippen molar-refractivity contribution in [2.75, 3.05) is 11.9 Å². The van der Waals surface area contributed by atoms with Crippen LogP contribution in [-0.2, 0) is 9.59 Å². The topological polar surface area (TPSA) is 62.3 Å². The molecule has 2 aliphatic rings. The van der Waals surface area contributed by atoms with Gasteiger partial charge in [-0.1, -0.05) is 30.3 Å². The van der Waals surface area contributed by atoms with Crippen molar-refractivity contribution < 1.29 is 14.0 Å². The number of rotatable bonds is 3. The van der Waals surface area contributed by atoms with Crippen molar-refractivity contribution in [2.45, 2.75) is 44.6 Å². The number of carbonyl (C=O) groups is 2. The Morgan fingerprint density at radius 2 is 1.85 bits per heavy atom. The first-order chi connectivity index (χ1) is 16.0. The number of nitrogens with one attached hydrogen (secondary N) is 1. The van der Waals surface area contributed by atoms with E-state index in [1.54, 1.807) is 12.1 Å². The van der Waals surface area contributed by atoms with Crippen molar-refractivity contribution >= 4 is 17.5 Å². The molecule has 2 atom stereocenters. The lowest BCUT2D eigenvalue weighted by molar-refractivity contribution is -0.138. The Bertz CT molecular complexity index is 1210. The third-order valence-corrected chi connectivity index (χ3v) is 6.58. The molecule has 1 aromatic heterocycles. The van der Waals surface area contributed by atoms with E-state index in [1.807, 2.05) is 48.2 Å². The Kier molecular flexibility index (Phi) is 5.67. The summed E-state index contributed by atoms with van der Waals surface area (Å²) < 4.78 is 13.4. The van der Waals surface area contributed by atoms with E-state index in [4.69, 9.17) is 4.98 Å². The normalized spacial score (nSPS) is 20.2. The molecule has 0 aliphatic carbocycles. The summed E-state index contributed by atoms with van der Waals surface area (Å²) >= 11 is 0. The summed E-state index contributed by atoms with van der Waals surface area (Å²) in [5.41, 5.74) is 5.15. The molecule has 1 saturated heterocycles. The lowest BCUT2D eigenvalue weighted by Crippen LogP contribution is -2.43. The van der Waals surface area contributed by atoms with Gasteiger partial charge in [-0.25, -0.2) is 4.39 Å². The van der Waals surface area contributed by atoms with Crippen LogP contribution in [0, 0.1) is 12.7 Å². The zero-order valence-electron chi connectivity index (χ0n) is 18.6. The molecule has 6 heteroatoms. The van der Waals surface area contributed by atoms with Gasteiger partial charge in [0, 0.05) is 24.3 Å². The molecular formula is C27H26FN3O2. The fourth-order valence-electron chi connectivity index (χ4n) is 5.01. The largest absolute Gasteiger partial charge is 0.334 e. The number of piperidine rings is 1. The van der Waals surface area contributed by atoms with Gasteiger partial charge >= 0.3 is 0 Å². The lowest BCUT2D eigenvalue weighted by Gasteiger charge is -2.39. The number of carbonyl (C=O) groups excluding carboxylic acids is 2. The third kappa shape index (κ3) is 4.25. The molecular weight excluding hydrogens is 417 g/mol. The highest BCUT2D eigenvalue weighted by Crippen LogP contribution is 2.38. The molecule has 0 bridgehead atoms. The molecule has 0 radical (unpaired) electrons. The van der Waals surface area contributed by atoms with Crippen molar-refractivity contribution in [3.05, 3.63) is 83.4 Å². The molecule has 2 aromatic carbocycles. The van der Waals surface area contributed by atoms with Crippen LogP contribution in [0.5, 0.6) is 0 Å².